The summed E-state index contributed by atoms with van der Waals surface area (Å²) in [4.78, 5) is 39.3. The van der Waals surface area contributed by atoms with Crippen molar-refractivity contribution in [2.45, 2.75) is 77.6 Å². The topological polar surface area (TPSA) is 96.8 Å². The lowest BCUT2D eigenvalue weighted by atomic mass is 9.80. The quantitative estimate of drug-likeness (QED) is 0.491. The van der Waals surface area contributed by atoms with Crippen LogP contribution in [0.1, 0.15) is 77.3 Å². The van der Waals surface area contributed by atoms with E-state index in [-0.39, 0.29) is 36.8 Å². The minimum Gasteiger partial charge on any atom is -0.450 e. The van der Waals surface area contributed by atoms with Crippen LogP contribution in [0.2, 0.25) is 0 Å². The number of rotatable bonds is 5. The molecule has 0 aliphatic carbocycles. The van der Waals surface area contributed by atoms with Crippen LogP contribution in [0.3, 0.4) is 0 Å². The number of likely N-dealkylation sites (tertiary alicyclic amines) is 1. The minimum absolute atomic E-state index is 0.180. The van der Waals surface area contributed by atoms with Crippen molar-refractivity contribution < 1.29 is 27.9 Å². The van der Waals surface area contributed by atoms with Crippen LogP contribution in [0.15, 0.2) is 18.2 Å². The summed E-state index contributed by atoms with van der Waals surface area (Å²) in [5.41, 5.74) is 2.08. The Labute approximate surface area is 240 Å². The molecule has 1 unspecified atom stereocenters. The summed E-state index contributed by atoms with van der Waals surface area (Å²) in [5, 5.41) is 7.72. The number of fused-ring (bicyclic) bond motifs is 1. The number of ether oxygens (including phenoxy) is 1. The Morgan fingerprint density at radius 3 is 2.44 bits per heavy atom. The summed E-state index contributed by atoms with van der Waals surface area (Å²) in [5.74, 6) is -4.46. The summed E-state index contributed by atoms with van der Waals surface area (Å²) < 4.78 is 37.5. The molecule has 3 saturated heterocycles. The Morgan fingerprint density at radius 1 is 1.10 bits per heavy atom. The number of carbonyl (C=O) groups is 3. The summed E-state index contributed by atoms with van der Waals surface area (Å²) in [7, 11) is 1.77. The molecule has 0 radical (unpaired) electrons. The maximum atomic E-state index is 15.4. The maximum Gasteiger partial charge on any atom is 0.409 e. The van der Waals surface area contributed by atoms with E-state index < -0.39 is 17.8 Å². The number of hydrogen-bond acceptors (Lipinski definition) is 6. The number of benzene rings is 1. The van der Waals surface area contributed by atoms with E-state index in [1.807, 2.05) is 18.2 Å². The van der Waals surface area contributed by atoms with E-state index in [0.717, 1.165) is 23.7 Å². The fourth-order valence-corrected chi connectivity index (χ4v) is 6.15. The van der Waals surface area contributed by atoms with Crippen LogP contribution in [-0.2, 0) is 21.4 Å². The number of piperidine rings is 3. The molecule has 11 heteroatoms. The molecule has 3 amide bonds. The summed E-state index contributed by atoms with van der Waals surface area (Å²) in [6.45, 7) is 7.65. The van der Waals surface area contributed by atoms with E-state index in [2.05, 4.69) is 24.3 Å². The largest absolute Gasteiger partial charge is 0.450 e. The third-order valence-electron chi connectivity index (χ3n) is 8.30. The number of halogens is 2. The zero-order valence-corrected chi connectivity index (χ0v) is 24.6. The number of imide groups is 1. The van der Waals surface area contributed by atoms with Crippen LogP contribution >= 0.6 is 0 Å². The SMILES string of the molecule is CCC.CCOC(=O)N1CCC(C[C@@H]2CCN(c3ccc4c(C5CCC(=O)NC5=O)nn(C)c4c3)CC2(F)F)CC1. The predicted octanol–water partition coefficient (Wildman–Crippen LogP) is 5.23. The van der Waals surface area contributed by atoms with Gasteiger partial charge >= 0.3 is 6.09 Å². The van der Waals surface area contributed by atoms with E-state index in [1.54, 1.807) is 28.5 Å². The van der Waals surface area contributed by atoms with Crippen molar-refractivity contribution in [2.24, 2.45) is 18.9 Å². The third-order valence-corrected chi connectivity index (χ3v) is 8.30. The van der Waals surface area contributed by atoms with E-state index in [0.29, 0.717) is 56.9 Å². The molecule has 1 aromatic heterocycles. The van der Waals surface area contributed by atoms with Crippen molar-refractivity contribution in [2.75, 3.05) is 37.7 Å². The summed E-state index contributed by atoms with van der Waals surface area (Å²) >= 11 is 0. The van der Waals surface area contributed by atoms with Crippen molar-refractivity contribution in [3.63, 3.8) is 0 Å². The van der Waals surface area contributed by atoms with Gasteiger partial charge in [0, 0.05) is 50.1 Å². The number of hydrogen-bond donors (Lipinski definition) is 1. The normalized spacial score (nSPS) is 23.2. The molecule has 0 spiro atoms. The zero-order chi connectivity index (χ0) is 29.7. The van der Waals surface area contributed by atoms with Gasteiger partial charge in [-0.1, -0.05) is 20.3 Å². The van der Waals surface area contributed by atoms with Crippen LogP contribution in [0, 0.1) is 11.8 Å². The van der Waals surface area contributed by atoms with Crippen molar-refractivity contribution in [1.29, 1.82) is 0 Å². The fraction of sp³-hybridized carbons (Fsp3) is 0.667. The van der Waals surface area contributed by atoms with Crippen molar-refractivity contribution >= 4 is 34.5 Å². The number of nitrogens with zero attached hydrogens (tertiary/aromatic N) is 4. The first-order valence-electron chi connectivity index (χ1n) is 14.9. The predicted molar refractivity (Wildman–Crippen MR) is 153 cm³/mol. The van der Waals surface area contributed by atoms with Gasteiger partial charge in [0.25, 0.3) is 5.92 Å². The fourth-order valence-electron chi connectivity index (χ4n) is 6.15. The minimum atomic E-state index is -2.82. The number of anilines is 1. The van der Waals surface area contributed by atoms with Gasteiger partial charge in [0.1, 0.15) is 0 Å². The number of nitrogens with one attached hydrogen (secondary N) is 1. The van der Waals surface area contributed by atoms with Gasteiger partial charge in [0.05, 0.1) is 30.3 Å². The molecular weight excluding hydrogens is 532 g/mol. The number of amides is 3. The van der Waals surface area contributed by atoms with Gasteiger partial charge in [-0.2, -0.15) is 5.10 Å². The van der Waals surface area contributed by atoms with Gasteiger partial charge in [0.15, 0.2) is 0 Å². The van der Waals surface area contributed by atoms with Gasteiger partial charge in [-0.05, 0) is 63.1 Å². The van der Waals surface area contributed by atoms with Crippen LogP contribution in [-0.4, -0.2) is 71.3 Å². The Balaban J connectivity index is 0.00000124. The van der Waals surface area contributed by atoms with Gasteiger partial charge in [-0.25, -0.2) is 13.6 Å². The maximum absolute atomic E-state index is 15.4. The average Bonchev–Trinajstić information content (AvgIpc) is 3.26. The monoisotopic (exact) mass is 575 g/mol. The highest BCUT2D eigenvalue weighted by Crippen LogP contribution is 2.41. The third kappa shape index (κ3) is 6.98. The molecule has 226 valence electrons. The Hall–Kier alpha value is -3.24. The number of alkyl halides is 2. The van der Waals surface area contributed by atoms with Gasteiger partial charge in [-0.3, -0.25) is 19.6 Å². The first kappa shape index (κ1) is 30.7. The lowest BCUT2D eigenvalue weighted by molar-refractivity contribution is -0.134. The second-order valence-corrected chi connectivity index (χ2v) is 11.5. The van der Waals surface area contributed by atoms with Crippen LogP contribution in [0.4, 0.5) is 19.3 Å². The Morgan fingerprint density at radius 2 is 1.80 bits per heavy atom. The van der Waals surface area contributed by atoms with Gasteiger partial charge < -0.3 is 14.5 Å². The standard InChI is InChI=1S/C27H35F2N5O4.C3H8/c1-3-38-26(37)33-11-8-17(9-12-33)14-18-10-13-34(16-27(18,28)29)19-4-5-20-22(15-19)32(2)31-24(20)21-6-7-23(35)30-25(21)36;1-3-2/h4-5,15,17-18,21H,3,6-14,16H2,1-2H3,(H,30,35,36);3H2,1-2H3/t18-,21?;/m0./s1. The average molecular weight is 576 g/mol. The highest BCUT2D eigenvalue weighted by Gasteiger charge is 2.45. The Kier molecular flexibility index (Phi) is 9.86. The molecule has 2 atom stereocenters. The number of carbonyl (C=O) groups excluding carboxylic acids is 3. The smallest absolute Gasteiger partial charge is 0.409 e. The summed E-state index contributed by atoms with van der Waals surface area (Å²) in [6.07, 6.45) is 3.91. The first-order chi connectivity index (χ1) is 19.6. The van der Waals surface area contributed by atoms with Gasteiger partial charge in [0.2, 0.25) is 11.8 Å². The molecule has 3 fully saturated rings. The van der Waals surface area contributed by atoms with Crippen molar-refractivity contribution in [3.05, 3.63) is 23.9 Å². The number of aryl methyl sites for hydroxylation is 1. The van der Waals surface area contributed by atoms with Crippen LogP contribution < -0.4 is 10.2 Å². The van der Waals surface area contributed by atoms with E-state index >= 15 is 8.78 Å². The molecule has 5 rings (SSSR count). The lowest BCUT2D eigenvalue weighted by Gasteiger charge is -2.41. The molecule has 4 heterocycles. The molecule has 1 aromatic carbocycles. The van der Waals surface area contributed by atoms with E-state index in [4.69, 9.17) is 4.74 Å². The van der Waals surface area contributed by atoms with Gasteiger partial charge in [-0.15, -0.1) is 0 Å². The van der Waals surface area contributed by atoms with Crippen LogP contribution in [0.5, 0.6) is 0 Å². The molecule has 41 heavy (non-hydrogen) atoms. The molecule has 9 nitrogen and oxygen atoms in total. The van der Waals surface area contributed by atoms with E-state index in [9.17, 15) is 14.4 Å². The molecule has 0 bridgehead atoms. The highest BCUT2D eigenvalue weighted by molar-refractivity contribution is 6.02. The highest BCUT2D eigenvalue weighted by atomic mass is 19.3. The number of aromatic nitrogens is 2. The second kappa shape index (κ2) is 13.2. The molecule has 3 aliphatic heterocycles. The van der Waals surface area contributed by atoms with Crippen molar-refractivity contribution in [3.8, 4) is 0 Å². The molecule has 1 N–H and O–H groups in total. The first-order valence-corrected chi connectivity index (χ1v) is 14.9. The zero-order valence-electron chi connectivity index (χ0n) is 24.6. The van der Waals surface area contributed by atoms with Crippen molar-refractivity contribution in [1.82, 2.24) is 20.0 Å². The molecule has 0 saturated carbocycles. The molecular formula is C30H43F2N5O4. The second-order valence-electron chi connectivity index (χ2n) is 11.5. The molecule has 2 aromatic rings. The summed E-state index contributed by atoms with van der Waals surface area (Å²) in [6, 6.07) is 5.53. The van der Waals surface area contributed by atoms with Crippen LogP contribution in [0.25, 0.3) is 10.9 Å². The van der Waals surface area contributed by atoms with E-state index in [1.165, 1.54) is 6.42 Å². The molecule has 3 aliphatic rings. The Bertz CT molecular complexity index is 1240. The lowest BCUT2D eigenvalue weighted by Crippen LogP contribution is -2.49.